The molecule has 0 radical (unpaired) electrons. The molecule has 0 saturated carbocycles. The number of anilines is 1. The monoisotopic (exact) mass is 245 g/mol. The standard InChI is InChI=1S/C9H15N3O3S/c1-7-6-10-11-9(7)12-16(13,14)8-2-4-15-5-3-8/h6,8H,2-5H2,1H3,(H2,10,11,12). The van der Waals surface area contributed by atoms with Gasteiger partial charge in [0.25, 0.3) is 0 Å². The molecule has 0 amide bonds. The Morgan fingerprint density at radius 2 is 2.19 bits per heavy atom. The van der Waals surface area contributed by atoms with Crippen LogP contribution < -0.4 is 4.72 Å². The van der Waals surface area contributed by atoms with E-state index in [0.29, 0.717) is 31.9 Å². The van der Waals surface area contributed by atoms with E-state index >= 15 is 0 Å². The van der Waals surface area contributed by atoms with Gasteiger partial charge in [0.1, 0.15) is 5.82 Å². The number of rotatable bonds is 3. The van der Waals surface area contributed by atoms with Crippen molar-refractivity contribution in [3.8, 4) is 0 Å². The first-order valence-electron chi connectivity index (χ1n) is 5.19. The van der Waals surface area contributed by atoms with Gasteiger partial charge >= 0.3 is 0 Å². The van der Waals surface area contributed by atoms with E-state index in [-0.39, 0.29) is 5.25 Å². The average molecular weight is 245 g/mol. The molecule has 2 heterocycles. The minimum absolute atomic E-state index is 0.371. The molecule has 1 aliphatic rings. The second-order valence-electron chi connectivity index (χ2n) is 3.89. The third-order valence-electron chi connectivity index (χ3n) is 2.68. The Morgan fingerprint density at radius 3 is 2.75 bits per heavy atom. The SMILES string of the molecule is Cc1cn[nH]c1NS(=O)(=O)C1CCOCC1. The van der Waals surface area contributed by atoms with E-state index in [9.17, 15) is 8.42 Å². The average Bonchev–Trinajstić information content (AvgIpc) is 2.65. The van der Waals surface area contributed by atoms with Crippen molar-refractivity contribution in [1.29, 1.82) is 0 Å². The zero-order valence-corrected chi connectivity index (χ0v) is 9.88. The number of hydrogen-bond acceptors (Lipinski definition) is 4. The highest BCUT2D eigenvalue weighted by Crippen LogP contribution is 2.19. The summed E-state index contributed by atoms with van der Waals surface area (Å²) in [4.78, 5) is 0. The van der Waals surface area contributed by atoms with Crippen molar-refractivity contribution in [2.75, 3.05) is 17.9 Å². The fourth-order valence-electron chi connectivity index (χ4n) is 1.66. The Labute approximate surface area is 94.4 Å². The zero-order chi connectivity index (χ0) is 11.6. The van der Waals surface area contributed by atoms with Crippen molar-refractivity contribution in [2.45, 2.75) is 25.0 Å². The normalized spacial score (nSPS) is 18.6. The van der Waals surface area contributed by atoms with Gasteiger partial charge in [-0.3, -0.25) is 9.82 Å². The van der Waals surface area contributed by atoms with Gasteiger partial charge in [0.2, 0.25) is 10.0 Å². The maximum atomic E-state index is 12.0. The van der Waals surface area contributed by atoms with Crippen molar-refractivity contribution in [1.82, 2.24) is 10.2 Å². The summed E-state index contributed by atoms with van der Waals surface area (Å²) in [5.41, 5.74) is 0.788. The summed E-state index contributed by atoms with van der Waals surface area (Å²) in [7, 11) is -3.33. The van der Waals surface area contributed by atoms with Crippen LogP contribution in [0.5, 0.6) is 0 Å². The largest absolute Gasteiger partial charge is 0.381 e. The van der Waals surface area contributed by atoms with Crippen LogP contribution in [-0.4, -0.2) is 37.1 Å². The summed E-state index contributed by atoms with van der Waals surface area (Å²) < 4.78 is 31.7. The van der Waals surface area contributed by atoms with Crippen LogP contribution >= 0.6 is 0 Å². The third kappa shape index (κ3) is 2.35. The van der Waals surface area contributed by atoms with Crippen LogP contribution in [0.2, 0.25) is 0 Å². The Balaban J connectivity index is 2.10. The quantitative estimate of drug-likeness (QED) is 0.818. The van der Waals surface area contributed by atoms with E-state index in [1.807, 2.05) is 0 Å². The van der Waals surface area contributed by atoms with Crippen molar-refractivity contribution >= 4 is 15.8 Å². The number of aromatic amines is 1. The highest BCUT2D eigenvalue weighted by molar-refractivity contribution is 7.93. The molecule has 90 valence electrons. The summed E-state index contributed by atoms with van der Waals surface area (Å²) >= 11 is 0. The van der Waals surface area contributed by atoms with Gasteiger partial charge in [0, 0.05) is 18.8 Å². The number of nitrogens with one attached hydrogen (secondary N) is 2. The predicted octanol–water partition coefficient (Wildman–Crippen LogP) is 0.639. The van der Waals surface area contributed by atoms with E-state index in [2.05, 4.69) is 14.9 Å². The Kier molecular flexibility index (Phi) is 3.15. The molecule has 0 aliphatic carbocycles. The van der Waals surface area contributed by atoms with Crippen LogP contribution in [0.1, 0.15) is 18.4 Å². The molecule has 0 spiro atoms. The molecule has 1 saturated heterocycles. The maximum Gasteiger partial charge on any atom is 0.236 e. The first kappa shape index (κ1) is 11.4. The van der Waals surface area contributed by atoms with Gasteiger partial charge in [0.15, 0.2) is 0 Å². The molecule has 0 aromatic carbocycles. The van der Waals surface area contributed by atoms with Crippen LogP contribution in [0, 0.1) is 6.92 Å². The molecule has 6 nitrogen and oxygen atoms in total. The second-order valence-corrected chi connectivity index (χ2v) is 5.85. The lowest BCUT2D eigenvalue weighted by molar-refractivity contribution is 0.0984. The van der Waals surface area contributed by atoms with Gasteiger partial charge in [-0.05, 0) is 19.8 Å². The molecule has 1 aromatic rings. The van der Waals surface area contributed by atoms with Gasteiger partial charge in [-0.15, -0.1) is 0 Å². The topological polar surface area (TPSA) is 84.1 Å². The molecule has 2 rings (SSSR count). The molecule has 2 N–H and O–H groups in total. The number of aryl methyl sites for hydroxylation is 1. The van der Waals surface area contributed by atoms with E-state index in [0.717, 1.165) is 5.56 Å². The highest BCUT2D eigenvalue weighted by atomic mass is 32.2. The molecule has 1 fully saturated rings. The molecule has 0 bridgehead atoms. The van der Waals surface area contributed by atoms with Gasteiger partial charge in [-0.25, -0.2) is 8.42 Å². The van der Waals surface area contributed by atoms with E-state index < -0.39 is 10.0 Å². The van der Waals surface area contributed by atoms with Gasteiger partial charge < -0.3 is 4.74 Å². The predicted molar refractivity (Wildman–Crippen MR) is 59.7 cm³/mol. The fraction of sp³-hybridized carbons (Fsp3) is 0.667. The summed E-state index contributed by atoms with van der Waals surface area (Å²) in [5, 5.41) is 6.03. The van der Waals surface area contributed by atoms with Crippen LogP contribution in [0.3, 0.4) is 0 Å². The molecular weight excluding hydrogens is 230 g/mol. The van der Waals surface area contributed by atoms with E-state index in [4.69, 9.17) is 4.74 Å². The molecule has 16 heavy (non-hydrogen) atoms. The van der Waals surface area contributed by atoms with E-state index in [1.54, 1.807) is 13.1 Å². The highest BCUT2D eigenvalue weighted by Gasteiger charge is 2.28. The number of aromatic nitrogens is 2. The lowest BCUT2D eigenvalue weighted by Crippen LogP contribution is -2.33. The number of ether oxygens (including phenoxy) is 1. The number of sulfonamides is 1. The van der Waals surface area contributed by atoms with Crippen LogP contribution in [0.25, 0.3) is 0 Å². The smallest absolute Gasteiger partial charge is 0.236 e. The number of nitrogens with zero attached hydrogens (tertiary/aromatic N) is 1. The first-order valence-corrected chi connectivity index (χ1v) is 6.73. The molecule has 7 heteroatoms. The van der Waals surface area contributed by atoms with Crippen molar-refractivity contribution in [3.05, 3.63) is 11.8 Å². The molecule has 1 aliphatic heterocycles. The van der Waals surface area contributed by atoms with Crippen molar-refractivity contribution < 1.29 is 13.2 Å². The van der Waals surface area contributed by atoms with Gasteiger partial charge in [-0.2, -0.15) is 5.10 Å². The van der Waals surface area contributed by atoms with Gasteiger partial charge in [-0.1, -0.05) is 0 Å². The molecule has 1 aromatic heterocycles. The van der Waals surface area contributed by atoms with Crippen LogP contribution in [0.4, 0.5) is 5.82 Å². The fourth-order valence-corrected chi connectivity index (χ4v) is 3.13. The van der Waals surface area contributed by atoms with Crippen LogP contribution in [-0.2, 0) is 14.8 Å². The second kappa shape index (κ2) is 4.42. The zero-order valence-electron chi connectivity index (χ0n) is 9.06. The molecule has 0 atom stereocenters. The summed E-state index contributed by atoms with van der Waals surface area (Å²) in [6.07, 6.45) is 2.67. The molecular formula is C9H15N3O3S. The third-order valence-corrected chi connectivity index (χ3v) is 4.52. The molecule has 0 unspecified atom stereocenters. The lowest BCUT2D eigenvalue weighted by Gasteiger charge is -2.22. The maximum absolute atomic E-state index is 12.0. The van der Waals surface area contributed by atoms with Crippen molar-refractivity contribution in [3.63, 3.8) is 0 Å². The van der Waals surface area contributed by atoms with E-state index in [1.165, 1.54) is 0 Å². The number of hydrogen-bond donors (Lipinski definition) is 2. The van der Waals surface area contributed by atoms with Crippen molar-refractivity contribution in [2.24, 2.45) is 0 Å². The summed E-state index contributed by atoms with van der Waals surface area (Å²) in [6, 6.07) is 0. The van der Waals surface area contributed by atoms with Crippen LogP contribution in [0.15, 0.2) is 6.20 Å². The Bertz CT molecular complexity index is 448. The first-order chi connectivity index (χ1) is 7.59. The minimum atomic E-state index is -3.33. The summed E-state index contributed by atoms with van der Waals surface area (Å²) in [6.45, 7) is 2.81. The minimum Gasteiger partial charge on any atom is -0.381 e. The Hall–Kier alpha value is -1.08. The summed E-state index contributed by atoms with van der Waals surface area (Å²) in [5.74, 6) is 0.450. The lowest BCUT2D eigenvalue weighted by atomic mass is 10.2. The Morgan fingerprint density at radius 1 is 1.50 bits per heavy atom. The number of H-pyrrole nitrogens is 1. The van der Waals surface area contributed by atoms with Gasteiger partial charge in [0.05, 0.1) is 11.4 Å².